The molecule has 0 radical (unpaired) electrons. The maximum atomic E-state index is 12.5. The van der Waals surface area contributed by atoms with Gasteiger partial charge in [-0.05, 0) is 31.0 Å². The summed E-state index contributed by atoms with van der Waals surface area (Å²) in [6.07, 6.45) is 4.00. The minimum atomic E-state index is -0.525. The summed E-state index contributed by atoms with van der Waals surface area (Å²) in [6, 6.07) is 4.64. The number of carbonyl (C=O) groups excluding carboxylic acids is 2. The number of nitrogens with zero attached hydrogens (tertiary/aromatic N) is 3. The van der Waals surface area contributed by atoms with Gasteiger partial charge in [-0.3, -0.25) is 14.3 Å². The van der Waals surface area contributed by atoms with E-state index in [1.54, 1.807) is 47.2 Å². The zero-order valence-electron chi connectivity index (χ0n) is 13.5. The van der Waals surface area contributed by atoms with Crippen LogP contribution in [0.4, 0.5) is 11.4 Å². The van der Waals surface area contributed by atoms with Crippen molar-refractivity contribution in [1.29, 1.82) is 0 Å². The average Bonchev–Trinajstić information content (AvgIpc) is 3.08. The maximum absolute atomic E-state index is 12.5. The standard InChI is InChI=1S/C16H19N5O2.ClH/c1-10-3-4-11(17)7-13(10)15(22)19-14-5-6-21(16(14)23)12-8-18-20(2)9-12;/h3-4,7-9,14H,5-6,17H2,1-2H3,(H,19,22);1H. The average molecular weight is 350 g/mol. The Hall–Kier alpha value is -2.54. The molecule has 0 bridgehead atoms. The van der Waals surface area contributed by atoms with E-state index in [1.807, 2.05) is 6.92 Å². The number of amides is 2. The van der Waals surface area contributed by atoms with Crippen LogP contribution in [-0.4, -0.2) is 34.2 Å². The highest BCUT2D eigenvalue weighted by Gasteiger charge is 2.34. The van der Waals surface area contributed by atoms with E-state index >= 15 is 0 Å². The zero-order chi connectivity index (χ0) is 16.6. The summed E-state index contributed by atoms with van der Waals surface area (Å²) in [5.74, 6) is -0.394. The molecule has 1 aliphatic heterocycles. The lowest BCUT2D eigenvalue weighted by atomic mass is 10.1. The van der Waals surface area contributed by atoms with Gasteiger partial charge < -0.3 is 16.0 Å². The van der Waals surface area contributed by atoms with Crippen molar-refractivity contribution in [1.82, 2.24) is 15.1 Å². The Morgan fingerprint density at radius 2 is 2.17 bits per heavy atom. The fourth-order valence-electron chi connectivity index (χ4n) is 2.74. The molecule has 1 aromatic heterocycles. The lowest BCUT2D eigenvalue weighted by Gasteiger charge is -2.15. The predicted molar refractivity (Wildman–Crippen MR) is 94.3 cm³/mol. The summed E-state index contributed by atoms with van der Waals surface area (Å²) in [4.78, 5) is 26.5. The van der Waals surface area contributed by atoms with Crippen molar-refractivity contribution < 1.29 is 9.59 Å². The van der Waals surface area contributed by atoms with Crippen molar-refractivity contribution in [2.24, 2.45) is 7.05 Å². The number of hydrogen-bond donors (Lipinski definition) is 2. The number of rotatable bonds is 3. The molecule has 8 heteroatoms. The molecule has 128 valence electrons. The predicted octanol–water partition coefficient (Wildman–Crippen LogP) is 1.27. The van der Waals surface area contributed by atoms with Gasteiger partial charge in [0.05, 0.1) is 11.9 Å². The molecule has 1 saturated heterocycles. The van der Waals surface area contributed by atoms with E-state index in [4.69, 9.17) is 5.73 Å². The van der Waals surface area contributed by atoms with Crippen LogP contribution in [0.3, 0.4) is 0 Å². The fourth-order valence-corrected chi connectivity index (χ4v) is 2.74. The van der Waals surface area contributed by atoms with Crippen molar-refractivity contribution in [3.8, 4) is 0 Å². The van der Waals surface area contributed by atoms with Gasteiger partial charge in [-0.25, -0.2) is 0 Å². The molecule has 24 heavy (non-hydrogen) atoms. The van der Waals surface area contributed by atoms with Crippen LogP contribution in [0.25, 0.3) is 0 Å². The molecule has 1 fully saturated rings. The van der Waals surface area contributed by atoms with Gasteiger partial charge in [0.2, 0.25) is 5.91 Å². The molecular weight excluding hydrogens is 330 g/mol. The molecule has 0 saturated carbocycles. The Morgan fingerprint density at radius 1 is 1.42 bits per heavy atom. The number of benzene rings is 1. The van der Waals surface area contributed by atoms with Gasteiger partial charge >= 0.3 is 0 Å². The summed E-state index contributed by atoms with van der Waals surface area (Å²) < 4.78 is 1.64. The molecule has 1 atom stereocenters. The molecule has 0 spiro atoms. The second kappa shape index (κ2) is 6.92. The second-order valence-electron chi connectivity index (χ2n) is 5.75. The van der Waals surface area contributed by atoms with Gasteiger partial charge in [0.25, 0.3) is 5.91 Å². The number of halogens is 1. The van der Waals surface area contributed by atoms with E-state index in [0.717, 1.165) is 11.3 Å². The molecule has 1 unspecified atom stereocenters. The molecule has 1 aromatic carbocycles. The van der Waals surface area contributed by atoms with Crippen LogP contribution in [0.5, 0.6) is 0 Å². The zero-order valence-corrected chi connectivity index (χ0v) is 14.3. The lowest BCUT2D eigenvalue weighted by Crippen LogP contribution is -2.41. The van der Waals surface area contributed by atoms with Gasteiger partial charge in [0.1, 0.15) is 6.04 Å². The topological polar surface area (TPSA) is 93.2 Å². The molecule has 0 aliphatic carbocycles. The third kappa shape index (κ3) is 3.35. The third-order valence-electron chi connectivity index (χ3n) is 4.02. The Balaban J connectivity index is 0.00000208. The van der Waals surface area contributed by atoms with Crippen molar-refractivity contribution in [3.63, 3.8) is 0 Å². The number of hydrogen-bond acceptors (Lipinski definition) is 4. The van der Waals surface area contributed by atoms with Gasteiger partial charge in [-0.15, -0.1) is 12.4 Å². The molecule has 3 rings (SSSR count). The molecule has 1 aliphatic rings. The maximum Gasteiger partial charge on any atom is 0.252 e. The highest BCUT2D eigenvalue weighted by molar-refractivity contribution is 6.04. The number of nitrogens with two attached hydrogens (primary N) is 1. The minimum absolute atomic E-state index is 0. The van der Waals surface area contributed by atoms with E-state index in [1.165, 1.54) is 0 Å². The molecule has 2 amide bonds. The first kappa shape index (κ1) is 17.8. The van der Waals surface area contributed by atoms with Crippen molar-refractivity contribution in [3.05, 3.63) is 41.7 Å². The van der Waals surface area contributed by atoms with Crippen LogP contribution in [0, 0.1) is 6.92 Å². The number of aryl methyl sites for hydroxylation is 2. The van der Waals surface area contributed by atoms with Crippen molar-refractivity contribution in [2.75, 3.05) is 17.2 Å². The first-order chi connectivity index (χ1) is 11.0. The molecule has 3 N–H and O–H groups in total. The quantitative estimate of drug-likeness (QED) is 0.816. The van der Waals surface area contributed by atoms with E-state index in [2.05, 4.69) is 10.4 Å². The van der Waals surface area contributed by atoms with E-state index in [-0.39, 0.29) is 24.2 Å². The van der Waals surface area contributed by atoms with E-state index in [0.29, 0.717) is 24.2 Å². The van der Waals surface area contributed by atoms with Crippen LogP contribution in [-0.2, 0) is 11.8 Å². The van der Waals surface area contributed by atoms with Gasteiger partial charge in [0, 0.05) is 31.0 Å². The monoisotopic (exact) mass is 349 g/mol. The number of carbonyl (C=O) groups is 2. The molecular formula is C16H20ClN5O2. The minimum Gasteiger partial charge on any atom is -0.399 e. The largest absolute Gasteiger partial charge is 0.399 e. The van der Waals surface area contributed by atoms with Gasteiger partial charge in [0.15, 0.2) is 0 Å². The van der Waals surface area contributed by atoms with Gasteiger partial charge in [-0.1, -0.05) is 6.07 Å². The van der Waals surface area contributed by atoms with Crippen LogP contribution in [0.1, 0.15) is 22.3 Å². The molecule has 2 aromatic rings. The number of aromatic nitrogens is 2. The Bertz CT molecular complexity index is 774. The van der Waals surface area contributed by atoms with Crippen LogP contribution in [0.2, 0.25) is 0 Å². The summed E-state index contributed by atoms with van der Waals surface area (Å²) >= 11 is 0. The van der Waals surface area contributed by atoms with Crippen LogP contribution < -0.4 is 16.0 Å². The fraction of sp³-hybridized carbons (Fsp3) is 0.312. The van der Waals surface area contributed by atoms with E-state index in [9.17, 15) is 9.59 Å². The smallest absolute Gasteiger partial charge is 0.252 e. The molecule has 2 heterocycles. The Labute approximate surface area is 146 Å². The Kier molecular flexibility index (Phi) is 5.14. The van der Waals surface area contributed by atoms with E-state index < -0.39 is 6.04 Å². The highest BCUT2D eigenvalue weighted by atomic mass is 35.5. The lowest BCUT2D eigenvalue weighted by molar-refractivity contribution is -0.118. The first-order valence-electron chi connectivity index (χ1n) is 7.42. The van der Waals surface area contributed by atoms with Gasteiger partial charge in [-0.2, -0.15) is 5.10 Å². The summed E-state index contributed by atoms with van der Waals surface area (Å²) in [6.45, 7) is 2.40. The van der Waals surface area contributed by atoms with Crippen molar-refractivity contribution in [2.45, 2.75) is 19.4 Å². The SMILES string of the molecule is Cc1ccc(N)cc1C(=O)NC1CCN(c2cnn(C)c2)C1=O.Cl. The molecule has 7 nitrogen and oxygen atoms in total. The number of anilines is 2. The van der Waals surface area contributed by atoms with Crippen molar-refractivity contribution >= 4 is 35.6 Å². The second-order valence-corrected chi connectivity index (χ2v) is 5.75. The first-order valence-corrected chi connectivity index (χ1v) is 7.42. The third-order valence-corrected chi connectivity index (χ3v) is 4.02. The van der Waals surface area contributed by atoms with Crippen LogP contribution >= 0.6 is 12.4 Å². The Morgan fingerprint density at radius 3 is 2.83 bits per heavy atom. The summed E-state index contributed by atoms with van der Waals surface area (Å²) in [5, 5.41) is 6.88. The summed E-state index contributed by atoms with van der Waals surface area (Å²) in [5.41, 5.74) is 8.33. The number of nitrogens with one attached hydrogen (secondary N) is 1. The van der Waals surface area contributed by atoms with Crippen LogP contribution in [0.15, 0.2) is 30.6 Å². The highest BCUT2D eigenvalue weighted by Crippen LogP contribution is 2.21. The normalized spacial score (nSPS) is 16.8. The summed E-state index contributed by atoms with van der Waals surface area (Å²) in [7, 11) is 1.80. The number of nitrogen functional groups attached to an aromatic ring is 1.